The van der Waals surface area contributed by atoms with Crippen molar-refractivity contribution in [2.24, 2.45) is 23.7 Å². The fraction of sp³-hybridized carbons (Fsp3) is 0.857. The fourth-order valence-corrected chi connectivity index (χ4v) is 3.98. The third kappa shape index (κ3) is 2.02. The molecule has 0 aromatic heterocycles. The summed E-state index contributed by atoms with van der Waals surface area (Å²) in [5, 5.41) is 0. The molecule has 8 heteroatoms. The summed E-state index contributed by atoms with van der Waals surface area (Å²) in [6.45, 7) is 2.46. The monoisotopic (exact) mass is 324 g/mol. The lowest BCUT2D eigenvalue weighted by molar-refractivity contribution is -0.213. The lowest BCUT2D eigenvalue weighted by atomic mass is 9.78. The number of esters is 2. The van der Waals surface area contributed by atoms with Crippen molar-refractivity contribution in [3.05, 3.63) is 0 Å². The highest BCUT2D eigenvalue weighted by atomic mass is 19.4. The van der Waals surface area contributed by atoms with Gasteiger partial charge in [-0.25, -0.2) is 9.18 Å². The van der Waals surface area contributed by atoms with Gasteiger partial charge in [-0.2, -0.15) is 13.2 Å². The van der Waals surface area contributed by atoms with Crippen LogP contribution in [0.5, 0.6) is 0 Å². The summed E-state index contributed by atoms with van der Waals surface area (Å²) in [5.74, 6) is -6.83. The zero-order valence-electron chi connectivity index (χ0n) is 12.0. The van der Waals surface area contributed by atoms with Crippen LogP contribution < -0.4 is 0 Å². The van der Waals surface area contributed by atoms with Gasteiger partial charge in [0.1, 0.15) is 12.2 Å². The van der Waals surface area contributed by atoms with E-state index in [1.54, 1.807) is 0 Å². The minimum atomic E-state index is -4.58. The predicted molar refractivity (Wildman–Crippen MR) is 64.2 cm³/mol. The van der Waals surface area contributed by atoms with E-state index >= 15 is 0 Å². The highest BCUT2D eigenvalue weighted by Crippen LogP contribution is 2.62. The van der Waals surface area contributed by atoms with E-state index in [2.05, 4.69) is 0 Å². The van der Waals surface area contributed by atoms with E-state index in [0.717, 1.165) is 6.92 Å². The molecule has 2 aliphatic carbocycles. The Balaban J connectivity index is 1.86. The van der Waals surface area contributed by atoms with Gasteiger partial charge in [-0.05, 0) is 19.8 Å². The van der Waals surface area contributed by atoms with Crippen molar-refractivity contribution < 1.29 is 36.6 Å². The summed E-state index contributed by atoms with van der Waals surface area (Å²) in [6.07, 6.45) is -6.71. The van der Waals surface area contributed by atoms with Crippen molar-refractivity contribution in [1.82, 2.24) is 0 Å². The van der Waals surface area contributed by atoms with Crippen molar-refractivity contribution in [2.75, 3.05) is 0 Å². The Morgan fingerprint density at radius 2 is 1.95 bits per heavy atom. The molecule has 1 heterocycles. The van der Waals surface area contributed by atoms with E-state index < -0.39 is 59.7 Å². The molecule has 2 bridgehead atoms. The Bertz CT molecular complexity index is 515. The molecule has 124 valence electrons. The Hall–Kier alpha value is -1.34. The zero-order chi connectivity index (χ0) is 16.4. The Labute approximate surface area is 124 Å². The van der Waals surface area contributed by atoms with Gasteiger partial charge in [0.05, 0.1) is 11.8 Å². The summed E-state index contributed by atoms with van der Waals surface area (Å²) in [6, 6.07) is 0. The molecule has 3 rings (SSSR count). The van der Waals surface area contributed by atoms with Crippen LogP contribution in [0.1, 0.15) is 26.7 Å². The molecule has 0 N–H and O–H groups in total. The number of rotatable bonds is 3. The Kier molecular flexibility index (Phi) is 3.24. The van der Waals surface area contributed by atoms with E-state index in [9.17, 15) is 27.2 Å². The number of hydrogen-bond acceptors (Lipinski definition) is 4. The van der Waals surface area contributed by atoms with Gasteiger partial charge in [-0.1, -0.05) is 6.92 Å². The molecule has 0 aromatic carbocycles. The maximum Gasteiger partial charge on any atom is 0.393 e. The van der Waals surface area contributed by atoms with Crippen LogP contribution >= 0.6 is 0 Å². The minimum Gasteiger partial charge on any atom is -0.458 e. The van der Waals surface area contributed by atoms with Gasteiger partial charge in [0.25, 0.3) is 0 Å². The molecule has 2 saturated carbocycles. The summed E-state index contributed by atoms with van der Waals surface area (Å²) in [7, 11) is 0. The average Bonchev–Trinajstić information content (AvgIpc) is 3.00. The van der Waals surface area contributed by atoms with E-state index in [1.807, 2.05) is 0 Å². The molecule has 0 amide bonds. The summed E-state index contributed by atoms with van der Waals surface area (Å²) in [4.78, 5) is 23.5. The normalized spacial score (nSPS) is 42.2. The SMILES string of the molecule is CCC(C)(F)C(=O)OC1C2CC3C1OC(=O)C3C2C(F)(F)F. The molecule has 7 atom stereocenters. The van der Waals surface area contributed by atoms with Gasteiger partial charge < -0.3 is 9.47 Å². The number of halogens is 4. The van der Waals surface area contributed by atoms with Crippen LogP contribution in [0.3, 0.4) is 0 Å². The lowest BCUT2D eigenvalue weighted by Crippen LogP contribution is -2.47. The van der Waals surface area contributed by atoms with E-state index in [-0.39, 0.29) is 12.8 Å². The number of carbonyl (C=O) groups excluding carboxylic acids is 2. The van der Waals surface area contributed by atoms with Crippen LogP contribution in [0.15, 0.2) is 0 Å². The fourth-order valence-electron chi connectivity index (χ4n) is 3.98. The molecule has 22 heavy (non-hydrogen) atoms. The molecule has 3 aliphatic rings. The standard InChI is InChI=1S/C14H16F4O4/c1-3-13(2,15)12(20)22-10-6-4-5-7(8(6)14(16,17)18)11(19)21-9(5)10/h5-10H,3-4H2,1-2H3. The van der Waals surface area contributed by atoms with Crippen LogP contribution in [-0.2, 0) is 19.1 Å². The number of hydrogen-bond donors (Lipinski definition) is 0. The van der Waals surface area contributed by atoms with Gasteiger partial charge in [-0.15, -0.1) is 0 Å². The Morgan fingerprint density at radius 3 is 2.50 bits per heavy atom. The smallest absolute Gasteiger partial charge is 0.393 e. The third-order valence-corrected chi connectivity index (χ3v) is 5.26. The van der Waals surface area contributed by atoms with Crippen LogP contribution in [0, 0.1) is 23.7 Å². The van der Waals surface area contributed by atoms with Crippen molar-refractivity contribution in [3.8, 4) is 0 Å². The third-order valence-electron chi connectivity index (χ3n) is 5.26. The molecule has 0 radical (unpaired) electrons. The molecule has 0 aromatic rings. The minimum absolute atomic E-state index is 0.109. The van der Waals surface area contributed by atoms with E-state index in [0.29, 0.717) is 0 Å². The topological polar surface area (TPSA) is 52.6 Å². The Morgan fingerprint density at radius 1 is 1.32 bits per heavy atom. The first-order valence-electron chi connectivity index (χ1n) is 7.25. The van der Waals surface area contributed by atoms with Gasteiger partial charge in [0.2, 0.25) is 5.67 Å². The predicted octanol–water partition coefficient (Wildman–Crippen LogP) is 2.41. The molecule has 3 fully saturated rings. The zero-order valence-corrected chi connectivity index (χ0v) is 12.0. The van der Waals surface area contributed by atoms with Crippen LogP contribution in [0.25, 0.3) is 0 Å². The van der Waals surface area contributed by atoms with Crippen molar-refractivity contribution in [2.45, 2.75) is 50.7 Å². The lowest BCUT2D eigenvalue weighted by Gasteiger charge is -2.33. The number of alkyl halides is 4. The first-order valence-corrected chi connectivity index (χ1v) is 7.25. The average molecular weight is 324 g/mol. The summed E-state index contributed by atoms with van der Waals surface area (Å²) >= 11 is 0. The second-order valence-corrected chi connectivity index (χ2v) is 6.48. The maximum atomic E-state index is 14.0. The largest absolute Gasteiger partial charge is 0.458 e. The molecule has 0 spiro atoms. The number of fused-ring (bicyclic) bond motifs is 1. The quantitative estimate of drug-likeness (QED) is 0.591. The first kappa shape index (κ1) is 15.6. The summed E-state index contributed by atoms with van der Waals surface area (Å²) in [5.41, 5.74) is -2.27. The molecule has 7 unspecified atom stereocenters. The van der Waals surface area contributed by atoms with Crippen molar-refractivity contribution >= 4 is 11.9 Å². The highest BCUT2D eigenvalue weighted by Gasteiger charge is 2.73. The molecule has 1 aliphatic heterocycles. The van der Waals surface area contributed by atoms with Crippen LogP contribution in [-0.4, -0.2) is 36.0 Å². The first-order chi connectivity index (χ1) is 10.1. The van der Waals surface area contributed by atoms with Gasteiger partial charge in [0.15, 0.2) is 0 Å². The van der Waals surface area contributed by atoms with Crippen molar-refractivity contribution in [1.29, 1.82) is 0 Å². The molecule has 1 saturated heterocycles. The van der Waals surface area contributed by atoms with Gasteiger partial charge in [0, 0.05) is 11.8 Å². The second kappa shape index (κ2) is 4.58. The van der Waals surface area contributed by atoms with Crippen LogP contribution in [0.2, 0.25) is 0 Å². The van der Waals surface area contributed by atoms with Gasteiger partial charge >= 0.3 is 18.1 Å². The maximum absolute atomic E-state index is 14.0. The molecular weight excluding hydrogens is 308 g/mol. The second-order valence-electron chi connectivity index (χ2n) is 6.48. The molecule has 4 nitrogen and oxygen atoms in total. The van der Waals surface area contributed by atoms with E-state index in [4.69, 9.17) is 9.47 Å². The van der Waals surface area contributed by atoms with Crippen LogP contribution in [0.4, 0.5) is 17.6 Å². The number of ether oxygens (including phenoxy) is 2. The summed E-state index contributed by atoms with van der Waals surface area (Å²) < 4.78 is 63.7. The number of carbonyl (C=O) groups is 2. The van der Waals surface area contributed by atoms with Gasteiger partial charge in [-0.3, -0.25) is 4.79 Å². The highest BCUT2D eigenvalue weighted by molar-refractivity contribution is 5.80. The molecular formula is C14H16F4O4. The van der Waals surface area contributed by atoms with E-state index in [1.165, 1.54) is 6.92 Å². The van der Waals surface area contributed by atoms with Crippen molar-refractivity contribution in [3.63, 3.8) is 0 Å².